The van der Waals surface area contributed by atoms with Crippen molar-refractivity contribution in [3.05, 3.63) is 17.5 Å². The molecule has 0 aliphatic carbocycles. The van der Waals surface area contributed by atoms with Crippen molar-refractivity contribution in [2.75, 3.05) is 12.3 Å². The fourth-order valence-electron chi connectivity index (χ4n) is 1.54. The van der Waals surface area contributed by atoms with Crippen molar-refractivity contribution in [2.45, 2.75) is 39.5 Å². The number of aromatic amines is 1. The summed E-state index contributed by atoms with van der Waals surface area (Å²) < 4.78 is 25.6. The van der Waals surface area contributed by atoms with E-state index in [1.54, 1.807) is 6.20 Å². The zero-order valence-electron chi connectivity index (χ0n) is 10.5. The summed E-state index contributed by atoms with van der Waals surface area (Å²) in [6, 6.07) is 0. The van der Waals surface area contributed by atoms with Gasteiger partial charge in [-0.1, -0.05) is 13.3 Å². The number of rotatable bonds is 8. The minimum atomic E-state index is -3.07. The van der Waals surface area contributed by atoms with Crippen LogP contribution in [0.15, 0.2) is 6.20 Å². The second kappa shape index (κ2) is 6.76. The molecule has 0 aromatic carbocycles. The number of nitrogens with one attached hydrogen (secondary N) is 2. The van der Waals surface area contributed by atoms with Gasteiger partial charge in [-0.3, -0.25) is 5.10 Å². The first-order valence-corrected chi connectivity index (χ1v) is 7.66. The summed E-state index contributed by atoms with van der Waals surface area (Å²) >= 11 is 0. The second-order valence-electron chi connectivity index (χ2n) is 4.19. The van der Waals surface area contributed by atoms with E-state index >= 15 is 0 Å². The van der Waals surface area contributed by atoms with Crippen molar-refractivity contribution in [1.82, 2.24) is 14.9 Å². The Kier molecular flexibility index (Phi) is 5.64. The number of hydrogen-bond acceptors (Lipinski definition) is 3. The van der Waals surface area contributed by atoms with Crippen molar-refractivity contribution in [3.8, 4) is 0 Å². The molecule has 0 atom stereocenters. The topological polar surface area (TPSA) is 74.8 Å². The SMILES string of the molecule is CCCCS(=O)(=O)NCCCc1cn[nH]c1C. The number of sulfonamides is 1. The standard InChI is InChI=1S/C11H21N3O2S/c1-3-4-8-17(15,16)13-7-5-6-11-9-12-14-10(11)2/h9,13H,3-8H2,1-2H3,(H,12,14). The maximum atomic E-state index is 11.5. The number of unbranched alkanes of at least 4 members (excludes halogenated alkanes) is 1. The van der Waals surface area contributed by atoms with Crippen LogP contribution in [0, 0.1) is 6.92 Å². The van der Waals surface area contributed by atoms with E-state index in [1.165, 1.54) is 0 Å². The van der Waals surface area contributed by atoms with Crippen LogP contribution in [0.2, 0.25) is 0 Å². The van der Waals surface area contributed by atoms with Crippen LogP contribution in [0.25, 0.3) is 0 Å². The van der Waals surface area contributed by atoms with E-state index in [2.05, 4.69) is 14.9 Å². The molecule has 0 radical (unpaired) electrons. The van der Waals surface area contributed by atoms with Crippen LogP contribution >= 0.6 is 0 Å². The molecule has 0 saturated heterocycles. The van der Waals surface area contributed by atoms with Crippen molar-refractivity contribution in [2.24, 2.45) is 0 Å². The lowest BCUT2D eigenvalue weighted by molar-refractivity contribution is 0.575. The highest BCUT2D eigenvalue weighted by molar-refractivity contribution is 7.89. The van der Waals surface area contributed by atoms with Crippen LogP contribution in [0.3, 0.4) is 0 Å². The van der Waals surface area contributed by atoms with Crippen LogP contribution in [-0.2, 0) is 16.4 Å². The van der Waals surface area contributed by atoms with Gasteiger partial charge < -0.3 is 0 Å². The Hall–Kier alpha value is -0.880. The highest BCUT2D eigenvalue weighted by atomic mass is 32.2. The molecule has 0 saturated carbocycles. The normalized spacial score (nSPS) is 11.9. The monoisotopic (exact) mass is 259 g/mol. The number of nitrogens with zero attached hydrogens (tertiary/aromatic N) is 1. The Labute approximate surface area is 103 Å². The van der Waals surface area contributed by atoms with Crippen LogP contribution in [0.1, 0.15) is 37.4 Å². The summed E-state index contributed by atoms with van der Waals surface area (Å²) in [5.74, 6) is 0.230. The average molecular weight is 259 g/mol. The summed E-state index contributed by atoms with van der Waals surface area (Å²) in [4.78, 5) is 0. The van der Waals surface area contributed by atoms with Gasteiger partial charge in [0.05, 0.1) is 11.9 Å². The van der Waals surface area contributed by atoms with E-state index in [1.807, 2.05) is 13.8 Å². The fourth-order valence-corrected chi connectivity index (χ4v) is 2.81. The number of aryl methyl sites for hydroxylation is 2. The molecular weight excluding hydrogens is 238 g/mol. The number of aromatic nitrogens is 2. The third-order valence-electron chi connectivity index (χ3n) is 2.65. The zero-order chi connectivity index (χ0) is 12.7. The van der Waals surface area contributed by atoms with E-state index in [9.17, 15) is 8.42 Å². The van der Waals surface area contributed by atoms with Gasteiger partial charge in [0.1, 0.15) is 0 Å². The van der Waals surface area contributed by atoms with Crippen molar-refractivity contribution in [1.29, 1.82) is 0 Å². The Bertz CT molecular complexity index is 426. The van der Waals surface area contributed by atoms with E-state index in [0.29, 0.717) is 6.54 Å². The zero-order valence-corrected chi connectivity index (χ0v) is 11.3. The predicted molar refractivity (Wildman–Crippen MR) is 68.3 cm³/mol. The van der Waals surface area contributed by atoms with Crippen molar-refractivity contribution < 1.29 is 8.42 Å². The third kappa shape index (κ3) is 5.32. The van der Waals surface area contributed by atoms with Gasteiger partial charge in [-0.05, 0) is 31.7 Å². The second-order valence-corrected chi connectivity index (χ2v) is 6.12. The van der Waals surface area contributed by atoms with Crippen LogP contribution < -0.4 is 4.72 Å². The minimum absolute atomic E-state index is 0.230. The van der Waals surface area contributed by atoms with E-state index in [0.717, 1.165) is 36.9 Å². The first-order chi connectivity index (χ1) is 8.05. The molecule has 17 heavy (non-hydrogen) atoms. The largest absolute Gasteiger partial charge is 0.283 e. The summed E-state index contributed by atoms with van der Waals surface area (Å²) in [6.45, 7) is 4.45. The molecule has 1 aromatic rings. The minimum Gasteiger partial charge on any atom is -0.283 e. The van der Waals surface area contributed by atoms with Gasteiger partial charge in [0, 0.05) is 12.2 Å². The van der Waals surface area contributed by atoms with Gasteiger partial charge in [-0.25, -0.2) is 13.1 Å². The van der Waals surface area contributed by atoms with Crippen molar-refractivity contribution in [3.63, 3.8) is 0 Å². The Balaban J connectivity index is 2.22. The molecule has 98 valence electrons. The molecule has 0 unspecified atom stereocenters. The third-order valence-corrected chi connectivity index (χ3v) is 4.12. The molecular formula is C11H21N3O2S. The van der Waals surface area contributed by atoms with Gasteiger partial charge in [0.25, 0.3) is 0 Å². The Morgan fingerprint density at radius 3 is 2.76 bits per heavy atom. The molecule has 0 bridgehead atoms. The summed E-state index contributed by atoms with van der Waals surface area (Å²) in [5.41, 5.74) is 2.21. The lowest BCUT2D eigenvalue weighted by atomic mass is 10.1. The number of hydrogen-bond donors (Lipinski definition) is 2. The highest BCUT2D eigenvalue weighted by Crippen LogP contribution is 2.05. The lowest BCUT2D eigenvalue weighted by Crippen LogP contribution is -2.27. The first-order valence-electron chi connectivity index (χ1n) is 6.01. The maximum absolute atomic E-state index is 11.5. The molecule has 1 rings (SSSR count). The van der Waals surface area contributed by atoms with Crippen LogP contribution in [0.4, 0.5) is 0 Å². The number of H-pyrrole nitrogens is 1. The van der Waals surface area contributed by atoms with Gasteiger partial charge in [-0.15, -0.1) is 0 Å². The van der Waals surface area contributed by atoms with Crippen LogP contribution in [0.5, 0.6) is 0 Å². The Morgan fingerprint density at radius 2 is 2.18 bits per heavy atom. The van der Waals surface area contributed by atoms with Gasteiger partial charge in [-0.2, -0.15) is 5.10 Å². The molecule has 1 heterocycles. The molecule has 0 fully saturated rings. The molecule has 1 aromatic heterocycles. The van der Waals surface area contributed by atoms with Crippen molar-refractivity contribution >= 4 is 10.0 Å². The maximum Gasteiger partial charge on any atom is 0.211 e. The average Bonchev–Trinajstić information content (AvgIpc) is 2.68. The molecule has 0 spiro atoms. The quantitative estimate of drug-likeness (QED) is 0.692. The Morgan fingerprint density at radius 1 is 1.41 bits per heavy atom. The molecule has 5 nitrogen and oxygen atoms in total. The summed E-state index contributed by atoms with van der Waals surface area (Å²) in [5, 5.41) is 6.79. The van der Waals surface area contributed by atoms with Gasteiger partial charge >= 0.3 is 0 Å². The predicted octanol–water partition coefficient (Wildman–Crippen LogP) is 1.37. The fraction of sp³-hybridized carbons (Fsp3) is 0.727. The first kappa shape index (κ1) is 14.2. The van der Waals surface area contributed by atoms with E-state index < -0.39 is 10.0 Å². The van der Waals surface area contributed by atoms with Gasteiger partial charge in [0.15, 0.2) is 0 Å². The highest BCUT2D eigenvalue weighted by Gasteiger charge is 2.08. The molecule has 0 aliphatic rings. The van der Waals surface area contributed by atoms with Gasteiger partial charge in [0.2, 0.25) is 10.0 Å². The molecule has 0 aliphatic heterocycles. The molecule has 2 N–H and O–H groups in total. The van der Waals surface area contributed by atoms with E-state index in [-0.39, 0.29) is 5.75 Å². The molecule has 6 heteroatoms. The molecule has 0 amide bonds. The smallest absolute Gasteiger partial charge is 0.211 e. The van der Waals surface area contributed by atoms with Crippen LogP contribution in [-0.4, -0.2) is 30.9 Å². The van der Waals surface area contributed by atoms with E-state index in [4.69, 9.17) is 0 Å². The lowest BCUT2D eigenvalue weighted by Gasteiger charge is -2.05. The summed E-state index contributed by atoms with van der Waals surface area (Å²) in [6.07, 6.45) is 5.05. The summed E-state index contributed by atoms with van der Waals surface area (Å²) in [7, 11) is -3.07.